The van der Waals surface area contributed by atoms with Gasteiger partial charge in [-0.2, -0.15) is 0 Å². The number of pyridine rings is 1. The van der Waals surface area contributed by atoms with Crippen LogP contribution in [-0.2, 0) is 0 Å². The van der Waals surface area contributed by atoms with Crippen molar-refractivity contribution in [2.75, 3.05) is 5.32 Å². The Bertz CT molecular complexity index is 321. The van der Waals surface area contributed by atoms with Crippen molar-refractivity contribution in [3.63, 3.8) is 0 Å². The largest absolute Gasteiger partial charge is 0.368 e. The average molecular weight is 207 g/mol. The Kier molecular flexibility index (Phi) is 4.09. The molecule has 0 bridgehead atoms. The number of hydrogen-bond donors (Lipinski definition) is 2. The van der Waals surface area contributed by atoms with E-state index in [9.17, 15) is 0 Å². The number of aromatic nitrogens is 1. The van der Waals surface area contributed by atoms with Crippen molar-refractivity contribution in [3.05, 3.63) is 23.4 Å². The summed E-state index contributed by atoms with van der Waals surface area (Å²) in [6.07, 6.45) is 2.81. The number of anilines is 1. The fourth-order valence-electron chi connectivity index (χ4n) is 1.46. The molecule has 3 nitrogen and oxygen atoms in total. The van der Waals surface area contributed by atoms with Crippen LogP contribution in [0.25, 0.3) is 0 Å². The molecule has 1 aromatic heterocycles. The Morgan fingerprint density at radius 2 is 2.13 bits per heavy atom. The van der Waals surface area contributed by atoms with E-state index < -0.39 is 0 Å². The van der Waals surface area contributed by atoms with Crippen LogP contribution in [0.2, 0.25) is 0 Å². The van der Waals surface area contributed by atoms with Gasteiger partial charge in [0.2, 0.25) is 0 Å². The van der Waals surface area contributed by atoms with Crippen molar-refractivity contribution < 1.29 is 0 Å². The van der Waals surface area contributed by atoms with E-state index in [4.69, 9.17) is 5.73 Å². The zero-order chi connectivity index (χ0) is 11.4. The van der Waals surface area contributed by atoms with Crippen molar-refractivity contribution >= 4 is 5.82 Å². The molecule has 0 saturated carbocycles. The fourth-order valence-corrected chi connectivity index (χ4v) is 1.46. The van der Waals surface area contributed by atoms with Gasteiger partial charge in [0.1, 0.15) is 5.82 Å². The molecule has 0 aromatic carbocycles. The standard InChI is InChI=1S/C12H21N3/c1-5-11(13)10-6-9(4)12(14-7-10)15-8(2)3/h6-8,11H,5,13H2,1-4H3,(H,14,15)/t11-/m1/s1. The lowest BCUT2D eigenvalue weighted by atomic mass is 10.1. The molecule has 3 N–H and O–H groups in total. The molecule has 3 heteroatoms. The minimum atomic E-state index is 0.101. The van der Waals surface area contributed by atoms with Gasteiger partial charge in [0.15, 0.2) is 0 Å². The lowest BCUT2D eigenvalue weighted by Crippen LogP contribution is -2.14. The molecule has 84 valence electrons. The highest BCUT2D eigenvalue weighted by molar-refractivity contribution is 5.45. The molecule has 0 spiro atoms. The second-order valence-corrected chi connectivity index (χ2v) is 4.25. The van der Waals surface area contributed by atoms with E-state index in [1.807, 2.05) is 6.20 Å². The highest BCUT2D eigenvalue weighted by atomic mass is 15.0. The van der Waals surface area contributed by atoms with E-state index in [-0.39, 0.29) is 6.04 Å². The number of aryl methyl sites for hydroxylation is 1. The molecule has 1 aromatic rings. The van der Waals surface area contributed by atoms with E-state index in [2.05, 4.69) is 44.1 Å². The summed E-state index contributed by atoms with van der Waals surface area (Å²) in [6.45, 7) is 8.35. The van der Waals surface area contributed by atoms with Crippen LogP contribution in [0.5, 0.6) is 0 Å². The van der Waals surface area contributed by atoms with Gasteiger partial charge in [0.05, 0.1) is 0 Å². The molecule has 1 heterocycles. The number of nitrogens with two attached hydrogens (primary N) is 1. The van der Waals surface area contributed by atoms with Crippen LogP contribution >= 0.6 is 0 Å². The third kappa shape index (κ3) is 3.20. The summed E-state index contributed by atoms with van der Waals surface area (Å²) in [7, 11) is 0. The lowest BCUT2D eigenvalue weighted by Gasteiger charge is -2.14. The van der Waals surface area contributed by atoms with Crippen LogP contribution in [0.1, 0.15) is 44.4 Å². The molecule has 0 radical (unpaired) electrons. The first-order valence-corrected chi connectivity index (χ1v) is 5.53. The minimum Gasteiger partial charge on any atom is -0.368 e. The quantitative estimate of drug-likeness (QED) is 0.798. The number of nitrogens with one attached hydrogen (secondary N) is 1. The predicted octanol–water partition coefficient (Wildman–Crippen LogP) is 2.62. The Morgan fingerprint density at radius 1 is 1.47 bits per heavy atom. The Morgan fingerprint density at radius 3 is 2.60 bits per heavy atom. The normalized spacial score (nSPS) is 12.9. The molecule has 0 fully saturated rings. The molecule has 0 unspecified atom stereocenters. The van der Waals surface area contributed by atoms with E-state index in [1.165, 1.54) is 0 Å². The number of nitrogens with zero attached hydrogens (tertiary/aromatic N) is 1. The van der Waals surface area contributed by atoms with Crippen LogP contribution in [0.3, 0.4) is 0 Å². The number of hydrogen-bond acceptors (Lipinski definition) is 3. The van der Waals surface area contributed by atoms with Crippen molar-refractivity contribution in [2.24, 2.45) is 5.73 Å². The van der Waals surface area contributed by atoms with E-state index in [0.717, 1.165) is 23.4 Å². The maximum atomic E-state index is 5.95. The molecule has 0 amide bonds. The highest BCUT2D eigenvalue weighted by Gasteiger charge is 2.07. The van der Waals surface area contributed by atoms with Gasteiger partial charge in [0, 0.05) is 18.3 Å². The molecule has 0 saturated heterocycles. The molecule has 0 aliphatic carbocycles. The first-order chi connectivity index (χ1) is 7.04. The second kappa shape index (κ2) is 5.12. The third-order valence-electron chi connectivity index (χ3n) is 2.39. The third-order valence-corrected chi connectivity index (χ3v) is 2.39. The summed E-state index contributed by atoms with van der Waals surface area (Å²) in [4.78, 5) is 4.40. The first-order valence-electron chi connectivity index (χ1n) is 5.53. The predicted molar refractivity (Wildman–Crippen MR) is 65.0 cm³/mol. The zero-order valence-electron chi connectivity index (χ0n) is 10.0. The fraction of sp³-hybridized carbons (Fsp3) is 0.583. The summed E-state index contributed by atoms with van der Waals surface area (Å²) < 4.78 is 0. The Hall–Kier alpha value is -1.09. The van der Waals surface area contributed by atoms with Gasteiger partial charge in [-0.15, -0.1) is 0 Å². The van der Waals surface area contributed by atoms with Crippen molar-refractivity contribution in [2.45, 2.75) is 46.2 Å². The van der Waals surface area contributed by atoms with Gasteiger partial charge in [0.25, 0.3) is 0 Å². The monoisotopic (exact) mass is 207 g/mol. The molecule has 1 rings (SSSR count). The van der Waals surface area contributed by atoms with Gasteiger partial charge in [-0.25, -0.2) is 4.98 Å². The highest BCUT2D eigenvalue weighted by Crippen LogP contribution is 2.18. The SMILES string of the molecule is CC[C@@H](N)c1cnc(NC(C)C)c(C)c1. The van der Waals surface area contributed by atoms with Gasteiger partial charge in [-0.1, -0.05) is 6.92 Å². The van der Waals surface area contributed by atoms with E-state index in [0.29, 0.717) is 6.04 Å². The zero-order valence-corrected chi connectivity index (χ0v) is 10.0. The smallest absolute Gasteiger partial charge is 0.129 e. The van der Waals surface area contributed by atoms with Crippen molar-refractivity contribution in [3.8, 4) is 0 Å². The van der Waals surface area contributed by atoms with Crippen LogP contribution < -0.4 is 11.1 Å². The first kappa shape index (κ1) is 12.0. The Balaban J connectivity index is 2.88. The maximum Gasteiger partial charge on any atom is 0.129 e. The molecular formula is C12H21N3. The van der Waals surface area contributed by atoms with Gasteiger partial charge >= 0.3 is 0 Å². The summed E-state index contributed by atoms with van der Waals surface area (Å²) >= 11 is 0. The van der Waals surface area contributed by atoms with E-state index in [1.54, 1.807) is 0 Å². The van der Waals surface area contributed by atoms with Crippen LogP contribution in [0, 0.1) is 6.92 Å². The maximum absolute atomic E-state index is 5.95. The summed E-state index contributed by atoms with van der Waals surface area (Å²) in [5, 5.41) is 3.31. The van der Waals surface area contributed by atoms with Gasteiger partial charge in [-0.05, 0) is 44.4 Å². The summed E-state index contributed by atoms with van der Waals surface area (Å²) in [5.74, 6) is 0.956. The number of rotatable bonds is 4. The van der Waals surface area contributed by atoms with Crippen LogP contribution in [0.15, 0.2) is 12.3 Å². The summed E-state index contributed by atoms with van der Waals surface area (Å²) in [5.41, 5.74) is 8.23. The molecule has 0 aliphatic rings. The molecule has 1 atom stereocenters. The topological polar surface area (TPSA) is 50.9 Å². The Labute approximate surface area is 92.1 Å². The lowest BCUT2D eigenvalue weighted by molar-refractivity contribution is 0.694. The molecule has 15 heavy (non-hydrogen) atoms. The molecular weight excluding hydrogens is 186 g/mol. The average Bonchev–Trinajstić information content (AvgIpc) is 2.19. The molecule has 0 aliphatic heterocycles. The van der Waals surface area contributed by atoms with E-state index >= 15 is 0 Å². The van der Waals surface area contributed by atoms with Crippen LogP contribution in [-0.4, -0.2) is 11.0 Å². The second-order valence-electron chi connectivity index (χ2n) is 4.25. The van der Waals surface area contributed by atoms with Crippen molar-refractivity contribution in [1.82, 2.24) is 4.98 Å². The van der Waals surface area contributed by atoms with Crippen LogP contribution in [0.4, 0.5) is 5.82 Å². The van der Waals surface area contributed by atoms with Gasteiger partial charge in [-0.3, -0.25) is 0 Å². The summed E-state index contributed by atoms with van der Waals surface area (Å²) in [6, 6.07) is 2.62. The van der Waals surface area contributed by atoms with Crippen molar-refractivity contribution in [1.29, 1.82) is 0 Å². The minimum absolute atomic E-state index is 0.101. The van der Waals surface area contributed by atoms with Gasteiger partial charge < -0.3 is 11.1 Å².